The van der Waals surface area contributed by atoms with Gasteiger partial charge in [0.05, 0.1) is 5.41 Å². The van der Waals surface area contributed by atoms with Gasteiger partial charge in [-0.05, 0) is 18.8 Å². The Balaban J connectivity index is 2.77. The zero-order valence-corrected chi connectivity index (χ0v) is 11.6. The molecule has 110 valence electrons. The van der Waals surface area contributed by atoms with E-state index in [2.05, 4.69) is 5.32 Å². The number of nitrogens with two attached hydrogens (primary N) is 1. The summed E-state index contributed by atoms with van der Waals surface area (Å²) in [7, 11) is 0. The van der Waals surface area contributed by atoms with E-state index in [-0.39, 0.29) is 18.4 Å². The summed E-state index contributed by atoms with van der Waals surface area (Å²) >= 11 is 0. The number of carboxylic acid groups (broad SMARTS) is 1. The van der Waals surface area contributed by atoms with Crippen molar-refractivity contribution in [2.24, 2.45) is 17.1 Å². The van der Waals surface area contributed by atoms with Crippen molar-refractivity contribution in [3.63, 3.8) is 0 Å². The Hall–Kier alpha value is -1.14. The normalized spacial score (nSPS) is 21.4. The molecule has 19 heavy (non-hydrogen) atoms. The number of carbonyl (C=O) groups is 2. The second-order valence-corrected chi connectivity index (χ2v) is 5.27. The van der Waals surface area contributed by atoms with Gasteiger partial charge < -0.3 is 20.9 Å². The molecule has 1 rings (SSSR count). The van der Waals surface area contributed by atoms with Crippen molar-refractivity contribution in [3.05, 3.63) is 0 Å². The van der Waals surface area contributed by atoms with Gasteiger partial charge >= 0.3 is 5.97 Å². The third-order valence-corrected chi connectivity index (χ3v) is 4.09. The first-order chi connectivity index (χ1) is 8.96. The minimum Gasteiger partial charge on any atom is -0.480 e. The van der Waals surface area contributed by atoms with Gasteiger partial charge in [-0.15, -0.1) is 0 Å². The van der Waals surface area contributed by atoms with Crippen LogP contribution in [0, 0.1) is 11.3 Å². The highest BCUT2D eigenvalue weighted by atomic mass is 16.5. The molecule has 4 N–H and O–H groups in total. The van der Waals surface area contributed by atoms with Crippen LogP contribution in [0.15, 0.2) is 0 Å². The quantitative estimate of drug-likeness (QED) is 0.648. The van der Waals surface area contributed by atoms with Gasteiger partial charge in [0, 0.05) is 19.8 Å². The number of hydrogen-bond donors (Lipinski definition) is 3. The van der Waals surface area contributed by atoms with Crippen LogP contribution in [0.1, 0.15) is 33.1 Å². The molecule has 0 aromatic carbocycles. The molecule has 1 fully saturated rings. The summed E-state index contributed by atoms with van der Waals surface area (Å²) in [6.45, 7) is 4.92. The summed E-state index contributed by atoms with van der Waals surface area (Å²) < 4.78 is 5.25. The van der Waals surface area contributed by atoms with Gasteiger partial charge in [0.25, 0.3) is 0 Å². The van der Waals surface area contributed by atoms with Crippen LogP contribution in [0.2, 0.25) is 0 Å². The Morgan fingerprint density at radius 1 is 1.42 bits per heavy atom. The van der Waals surface area contributed by atoms with Gasteiger partial charge in [-0.1, -0.05) is 20.3 Å². The molecule has 0 saturated carbocycles. The summed E-state index contributed by atoms with van der Waals surface area (Å²) in [5, 5.41) is 11.9. The van der Waals surface area contributed by atoms with Gasteiger partial charge in [0.15, 0.2) is 0 Å². The van der Waals surface area contributed by atoms with E-state index in [1.807, 2.05) is 13.8 Å². The first kappa shape index (κ1) is 15.9. The Morgan fingerprint density at radius 2 is 2.00 bits per heavy atom. The van der Waals surface area contributed by atoms with E-state index in [1.54, 1.807) is 0 Å². The highest BCUT2D eigenvalue weighted by Gasteiger charge is 2.41. The first-order valence-electron chi connectivity index (χ1n) is 6.78. The highest BCUT2D eigenvalue weighted by molar-refractivity contribution is 5.87. The third-order valence-electron chi connectivity index (χ3n) is 4.09. The van der Waals surface area contributed by atoms with Crippen molar-refractivity contribution in [1.82, 2.24) is 5.32 Å². The minimum absolute atomic E-state index is 0.115. The van der Waals surface area contributed by atoms with Crippen LogP contribution < -0.4 is 11.1 Å². The lowest BCUT2D eigenvalue weighted by atomic mass is 9.79. The molecule has 2 atom stereocenters. The average molecular weight is 272 g/mol. The fourth-order valence-corrected chi connectivity index (χ4v) is 2.26. The molecule has 1 amide bonds. The van der Waals surface area contributed by atoms with E-state index in [4.69, 9.17) is 10.5 Å². The van der Waals surface area contributed by atoms with Gasteiger partial charge in [-0.25, -0.2) is 4.79 Å². The number of carboxylic acids is 1. The number of nitrogens with one attached hydrogen (secondary N) is 1. The zero-order valence-electron chi connectivity index (χ0n) is 11.6. The van der Waals surface area contributed by atoms with Gasteiger partial charge in [0.2, 0.25) is 5.91 Å². The van der Waals surface area contributed by atoms with E-state index < -0.39 is 17.4 Å². The molecule has 0 aromatic heterocycles. The summed E-state index contributed by atoms with van der Waals surface area (Å²) in [5.74, 6) is -1.37. The molecule has 1 unspecified atom stereocenters. The lowest BCUT2D eigenvalue weighted by molar-refractivity contribution is -0.147. The van der Waals surface area contributed by atoms with Crippen molar-refractivity contribution >= 4 is 11.9 Å². The molecule has 0 aliphatic carbocycles. The smallest absolute Gasteiger partial charge is 0.326 e. The number of carbonyl (C=O) groups excluding carboxylic acids is 1. The molecule has 1 aliphatic heterocycles. The highest BCUT2D eigenvalue weighted by Crippen LogP contribution is 2.30. The van der Waals surface area contributed by atoms with Crippen molar-refractivity contribution in [1.29, 1.82) is 0 Å². The van der Waals surface area contributed by atoms with E-state index in [0.29, 0.717) is 32.5 Å². The maximum absolute atomic E-state index is 12.4. The lowest BCUT2D eigenvalue weighted by Crippen LogP contribution is -2.55. The number of amides is 1. The molecule has 1 saturated heterocycles. The fraction of sp³-hybridized carbons (Fsp3) is 0.846. The molecule has 0 radical (unpaired) electrons. The van der Waals surface area contributed by atoms with Crippen molar-refractivity contribution in [3.8, 4) is 0 Å². The Kier molecular flexibility index (Phi) is 5.75. The van der Waals surface area contributed by atoms with Crippen molar-refractivity contribution < 1.29 is 19.4 Å². The summed E-state index contributed by atoms with van der Waals surface area (Å²) in [4.78, 5) is 23.6. The average Bonchev–Trinajstić information content (AvgIpc) is 2.43. The number of aliphatic carboxylic acids is 1. The van der Waals surface area contributed by atoms with Gasteiger partial charge in [0.1, 0.15) is 6.04 Å². The largest absolute Gasteiger partial charge is 0.480 e. The van der Waals surface area contributed by atoms with Gasteiger partial charge in [-0.2, -0.15) is 0 Å². The molecular formula is C13H24N2O4. The second kappa shape index (κ2) is 6.86. The SMILES string of the molecule is CCC(C)[C@H](NC(=O)C1(CN)CCOCC1)C(=O)O. The van der Waals surface area contributed by atoms with Crippen LogP contribution in [0.3, 0.4) is 0 Å². The van der Waals surface area contributed by atoms with Crippen LogP contribution in [0.4, 0.5) is 0 Å². The topological polar surface area (TPSA) is 102 Å². The van der Waals surface area contributed by atoms with Gasteiger partial charge in [-0.3, -0.25) is 4.79 Å². The molecular weight excluding hydrogens is 248 g/mol. The lowest BCUT2D eigenvalue weighted by Gasteiger charge is -2.36. The van der Waals surface area contributed by atoms with E-state index in [0.717, 1.165) is 0 Å². The number of ether oxygens (including phenoxy) is 1. The summed E-state index contributed by atoms with van der Waals surface area (Å²) in [6.07, 6.45) is 1.78. The molecule has 6 heteroatoms. The van der Waals surface area contributed by atoms with E-state index in [9.17, 15) is 14.7 Å². The van der Waals surface area contributed by atoms with Crippen molar-refractivity contribution in [2.75, 3.05) is 19.8 Å². The fourth-order valence-electron chi connectivity index (χ4n) is 2.26. The minimum atomic E-state index is -0.998. The van der Waals surface area contributed by atoms with Crippen LogP contribution in [0.5, 0.6) is 0 Å². The van der Waals surface area contributed by atoms with E-state index >= 15 is 0 Å². The number of hydrogen-bond acceptors (Lipinski definition) is 4. The van der Waals surface area contributed by atoms with Crippen LogP contribution in [0.25, 0.3) is 0 Å². The molecule has 0 spiro atoms. The Labute approximate surface area is 113 Å². The van der Waals surface area contributed by atoms with Crippen LogP contribution in [-0.2, 0) is 14.3 Å². The molecule has 0 bridgehead atoms. The molecule has 6 nitrogen and oxygen atoms in total. The maximum Gasteiger partial charge on any atom is 0.326 e. The zero-order chi connectivity index (χ0) is 14.5. The number of rotatable bonds is 6. The summed E-state index contributed by atoms with van der Waals surface area (Å²) in [6, 6.07) is -0.858. The first-order valence-corrected chi connectivity index (χ1v) is 6.78. The predicted molar refractivity (Wildman–Crippen MR) is 70.6 cm³/mol. The summed E-state index contributed by atoms with van der Waals surface area (Å²) in [5.41, 5.74) is 5.05. The molecule has 0 aromatic rings. The Bertz CT molecular complexity index is 327. The monoisotopic (exact) mass is 272 g/mol. The maximum atomic E-state index is 12.4. The predicted octanol–water partition coefficient (Wildman–Crippen LogP) is 0.357. The van der Waals surface area contributed by atoms with Crippen molar-refractivity contribution in [2.45, 2.75) is 39.2 Å². The van der Waals surface area contributed by atoms with Crippen LogP contribution in [-0.4, -0.2) is 42.8 Å². The third kappa shape index (κ3) is 3.67. The molecule has 1 aliphatic rings. The second-order valence-electron chi connectivity index (χ2n) is 5.27. The van der Waals surface area contributed by atoms with E-state index in [1.165, 1.54) is 0 Å². The Morgan fingerprint density at radius 3 is 2.42 bits per heavy atom. The molecule has 1 heterocycles. The standard InChI is InChI=1S/C13H24N2O4/c1-3-9(2)10(11(16)17)15-12(18)13(8-14)4-6-19-7-5-13/h9-10H,3-8,14H2,1-2H3,(H,15,18)(H,16,17)/t9?,10-/m0/s1. The van der Waals surface area contributed by atoms with Crippen LogP contribution >= 0.6 is 0 Å².